The van der Waals surface area contributed by atoms with E-state index in [4.69, 9.17) is 0 Å². The molecule has 0 amide bonds. The monoisotopic (exact) mass is 346 g/mol. The molecule has 1 aliphatic heterocycles. The highest BCUT2D eigenvalue weighted by Crippen LogP contribution is 2.14. The first-order chi connectivity index (χ1) is 7.34. The lowest BCUT2D eigenvalue weighted by atomic mass is 10.2. The Kier molecular flexibility index (Phi) is 6.06. The largest absolute Gasteiger partial charge is 1.00 e. The summed E-state index contributed by atoms with van der Waals surface area (Å²) in [6.07, 6.45) is 5.03. The Balaban J connectivity index is 0.00000128. The van der Waals surface area contributed by atoms with Crippen molar-refractivity contribution in [3.8, 4) is 0 Å². The van der Waals surface area contributed by atoms with Gasteiger partial charge in [0.05, 0.1) is 6.54 Å². The summed E-state index contributed by atoms with van der Waals surface area (Å²) in [6, 6.07) is 8.28. The number of rotatable bonds is 1. The fourth-order valence-corrected chi connectivity index (χ4v) is 2.01. The molecule has 0 atom stereocenters. The molecule has 0 aromatic heterocycles. The van der Waals surface area contributed by atoms with E-state index in [1.54, 1.807) is 0 Å². The van der Waals surface area contributed by atoms with E-state index >= 15 is 0 Å². The summed E-state index contributed by atoms with van der Waals surface area (Å²) in [5.41, 5.74) is 1.16. The van der Waals surface area contributed by atoms with Gasteiger partial charge in [0.15, 0.2) is 0 Å². The van der Waals surface area contributed by atoms with E-state index in [0.717, 1.165) is 23.1 Å². The molecule has 1 aromatic carbocycles. The molecule has 1 aliphatic rings. The average molecular weight is 348 g/mol. The third-order valence-electron chi connectivity index (χ3n) is 2.58. The zero-order valence-electron chi connectivity index (χ0n) is 9.10. The van der Waals surface area contributed by atoms with Gasteiger partial charge in [0.2, 0.25) is 5.84 Å². The second-order valence-corrected chi connectivity index (χ2v) is 4.76. The Hall–Kier alpha value is -0.350. The van der Waals surface area contributed by atoms with Crippen molar-refractivity contribution in [1.82, 2.24) is 0 Å². The van der Waals surface area contributed by atoms with Gasteiger partial charge in [-0.2, -0.15) is 0 Å². The van der Waals surface area contributed by atoms with Gasteiger partial charge >= 0.3 is 0 Å². The first-order valence-corrected chi connectivity index (χ1v) is 6.26. The van der Waals surface area contributed by atoms with Gasteiger partial charge in [-0.15, -0.1) is 0 Å². The second-order valence-electron chi connectivity index (χ2n) is 3.85. The molecule has 4 heteroatoms. The normalized spacial score (nSPS) is 15.7. The van der Waals surface area contributed by atoms with E-state index in [1.165, 1.54) is 25.1 Å². The van der Waals surface area contributed by atoms with Crippen LogP contribution in [0, 0.1) is 0 Å². The van der Waals surface area contributed by atoms with Crippen LogP contribution in [0.2, 0.25) is 0 Å². The molecule has 0 unspecified atom stereocenters. The highest BCUT2D eigenvalue weighted by Gasteiger charge is 2.10. The van der Waals surface area contributed by atoms with E-state index in [2.05, 4.69) is 50.5 Å². The van der Waals surface area contributed by atoms with Gasteiger partial charge in [0.1, 0.15) is 5.69 Å². The number of hydrogen-bond donors (Lipinski definition) is 2. The smallest absolute Gasteiger partial charge is 0.247 e. The summed E-state index contributed by atoms with van der Waals surface area (Å²) >= 11 is 3.43. The standard InChI is InChI=1S/C12H15BrN2.BrH/c13-10-5-7-11(8-6-10)15-12-4-2-1-3-9-14-12;/h5-8H,1-4,9H2,(H,14,15);1H. The molecule has 0 saturated carbocycles. The number of halogens is 2. The Bertz CT molecular complexity index is 347. The molecule has 1 heterocycles. The van der Waals surface area contributed by atoms with Crippen molar-refractivity contribution < 1.29 is 22.0 Å². The fraction of sp³-hybridized carbons (Fsp3) is 0.417. The maximum atomic E-state index is 3.44. The molecular formula is C12H16Br2N2. The second kappa shape index (κ2) is 7.07. The molecule has 0 fully saturated rings. The van der Waals surface area contributed by atoms with Crippen LogP contribution in [0.4, 0.5) is 5.69 Å². The first kappa shape index (κ1) is 13.7. The minimum absolute atomic E-state index is 0. The van der Waals surface area contributed by atoms with Crippen LogP contribution in [-0.4, -0.2) is 12.4 Å². The average Bonchev–Trinajstić information content (AvgIpc) is 2.50. The van der Waals surface area contributed by atoms with E-state index < -0.39 is 0 Å². The summed E-state index contributed by atoms with van der Waals surface area (Å²) < 4.78 is 1.12. The summed E-state index contributed by atoms with van der Waals surface area (Å²) in [7, 11) is 0. The predicted molar refractivity (Wildman–Crippen MR) is 67.1 cm³/mol. The Morgan fingerprint density at radius 1 is 1.06 bits per heavy atom. The van der Waals surface area contributed by atoms with E-state index in [1.807, 2.05) is 0 Å². The van der Waals surface area contributed by atoms with Crippen LogP contribution in [0.25, 0.3) is 0 Å². The Morgan fingerprint density at radius 2 is 1.81 bits per heavy atom. The van der Waals surface area contributed by atoms with Crippen molar-refractivity contribution >= 4 is 27.5 Å². The maximum Gasteiger partial charge on any atom is 0.247 e. The van der Waals surface area contributed by atoms with Gasteiger partial charge in [-0.3, -0.25) is 4.99 Å². The molecule has 0 saturated heterocycles. The number of anilines is 1. The topological polar surface area (TPSA) is 26.0 Å². The molecular weight excluding hydrogens is 332 g/mol. The van der Waals surface area contributed by atoms with Crippen LogP contribution >= 0.6 is 15.9 Å². The first-order valence-electron chi connectivity index (χ1n) is 5.47. The molecule has 88 valence electrons. The van der Waals surface area contributed by atoms with Gasteiger partial charge < -0.3 is 17.0 Å². The summed E-state index contributed by atoms with van der Waals surface area (Å²) in [4.78, 5) is 3.44. The SMILES string of the molecule is Brc1ccc(NC2=[NH+]CCCCC2)cc1.[Br-]. The maximum absolute atomic E-state index is 3.44. The summed E-state index contributed by atoms with van der Waals surface area (Å²) in [6.45, 7) is 1.10. The van der Waals surface area contributed by atoms with E-state index in [9.17, 15) is 0 Å². The summed E-state index contributed by atoms with van der Waals surface area (Å²) in [5.74, 6) is 1.26. The van der Waals surface area contributed by atoms with Gasteiger partial charge in [-0.1, -0.05) is 15.9 Å². The molecule has 2 N–H and O–H groups in total. The van der Waals surface area contributed by atoms with Crippen LogP contribution in [0.15, 0.2) is 28.7 Å². The molecule has 0 radical (unpaired) electrons. The van der Waals surface area contributed by atoms with Crippen molar-refractivity contribution in [2.75, 3.05) is 11.9 Å². The van der Waals surface area contributed by atoms with Gasteiger partial charge in [0, 0.05) is 10.9 Å². The fourth-order valence-electron chi connectivity index (χ4n) is 1.75. The number of nitrogens with one attached hydrogen (secondary N) is 2. The van der Waals surface area contributed by atoms with E-state index in [0.29, 0.717) is 0 Å². The third kappa shape index (κ3) is 4.26. The zero-order chi connectivity index (χ0) is 10.5. The van der Waals surface area contributed by atoms with Crippen LogP contribution in [0.5, 0.6) is 0 Å². The molecule has 0 spiro atoms. The zero-order valence-corrected chi connectivity index (χ0v) is 12.3. The Morgan fingerprint density at radius 3 is 2.56 bits per heavy atom. The minimum Gasteiger partial charge on any atom is -1.00 e. The van der Waals surface area contributed by atoms with E-state index in [-0.39, 0.29) is 17.0 Å². The van der Waals surface area contributed by atoms with Crippen LogP contribution in [0.1, 0.15) is 25.7 Å². The van der Waals surface area contributed by atoms with Gasteiger partial charge in [-0.25, -0.2) is 5.32 Å². The Labute approximate surface area is 115 Å². The number of benzene rings is 1. The van der Waals surface area contributed by atoms with Crippen molar-refractivity contribution in [3.05, 3.63) is 28.7 Å². The quantitative estimate of drug-likeness (QED) is 0.664. The van der Waals surface area contributed by atoms with Crippen LogP contribution in [-0.2, 0) is 0 Å². The highest BCUT2D eigenvalue weighted by molar-refractivity contribution is 9.10. The van der Waals surface area contributed by atoms with Crippen LogP contribution < -0.4 is 27.3 Å². The minimum atomic E-state index is 0. The number of hydrogen-bond acceptors (Lipinski definition) is 1. The number of amidine groups is 1. The van der Waals surface area contributed by atoms with Gasteiger partial charge in [0.25, 0.3) is 0 Å². The molecule has 1 aromatic rings. The summed E-state index contributed by atoms with van der Waals surface area (Å²) in [5, 5.41) is 3.43. The molecule has 0 aliphatic carbocycles. The lowest BCUT2D eigenvalue weighted by molar-refractivity contribution is -0.457. The third-order valence-corrected chi connectivity index (χ3v) is 3.11. The van der Waals surface area contributed by atoms with Crippen molar-refractivity contribution in [2.24, 2.45) is 0 Å². The van der Waals surface area contributed by atoms with Gasteiger partial charge in [-0.05, 0) is 43.5 Å². The molecule has 16 heavy (non-hydrogen) atoms. The predicted octanol–water partition coefficient (Wildman–Crippen LogP) is -1.08. The molecule has 2 nitrogen and oxygen atoms in total. The highest BCUT2D eigenvalue weighted by atomic mass is 79.9. The van der Waals surface area contributed by atoms with Crippen molar-refractivity contribution in [3.63, 3.8) is 0 Å². The molecule has 0 bridgehead atoms. The lowest BCUT2D eigenvalue weighted by Crippen LogP contribution is -3.00. The molecule has 2 rings (SSSR count). The van der Waals surface area contributed by atoms with Crippen molar-refractivity contribution in [2.45, 2.75) is 25.7 Å². The lowest BCUT2D eigenvalue weighted by Gasteiger charge is -2.00. The van der Waals surface area contributed by atoms with Crippen LogP contribution in [0.3, 0.4) is 0 Å². The van der Waals surface area contributed by atoms with Crippen molar-refractivity contribution in [1.29, 1.82) is 0 Å².